The van der Waals surface area contributed by atoms with E-state index in [-0.39, 0.29) is 6.10 Å². The third kappa shape index (κ3) is 4.59. The van der Waals surface area contributed by atoms with Gasteiger partial charge in [-0.1, -0.05) is 39.8 Å². The standard InChI is InChI=1S/C21H22BrN3O2S/c1-26-18-9-7-16(8-10-18)20-23-24-21(25(20)13-19-6-3-11-27-19)28-14-15-4-2-5-17(22)12-15/h2,4-5,7-10,12,19H,3,6,11,13-14H2,1H3. The first kappa shape index (κ1) is 19.5. The van der Waals surface area contributed by atoms with Gasteiger partial charge in [0.05, 0.1) is 19.8 Å². The van der Waals surface area contributed by atoms with Crippen molar-refractivity contribution in [1.82, 2.24) is 14.8 Å². The lowest BCUT2D eigenvalue weighted by molar-refractivity contribution is 0.0953. The van der Waals surface area contributed by atoms with Crippen LogP contribution in [-0.2, 0) is 17.0 Å². The van der Waals surface area contributed by atoms with E-state index in [1.54, 1.807) is 18.9 Å². The number of benzene rings is 2. The summed E-state index contributed by atoms with van der Waals surface area (Å²) >= 11 is 5.24. The molecule has 0 saturated carbocycles. The molecule has 1 atom stereocenters. The van der Waals surface area contributed by atoms with Crippen molar-refractivity contribution in [3.63, 3.8) is 0 Å². The Morgan fingerprint density at radius 1 is 1.21 bits per heavy atom. The Balaban J connectivity index is 1.60. The van der Waals surface area contributed by atoms with Gasteiger partial charge in [0.15, 0.2) is 11.0 Å². The zero-order valence-corrected chi connectivity index (χ0v) is 18.1. The van der Waals surface area contributed by atoms with Crippen LogP contribution >= 0.6 is 27.7 Å². The summed E-state index contributed by atoms with van der Waals surface area (Å²) < 4.78 is 14.4. The van der Waals surface area contributed by atoms with Crippen molar-refractivity contribution in [3.05, 3.63) is 58.6 Å². The monoisotopic (exact) mass is 459 g/mol. The number of hydrogen-bond donors (Lipinski definition) is 0. The fourth-order valence-electron chi connectivity index (χ4n) is 3.28. The SMILES string of the molecule is COc1ccc(-c2nnc(SCc3cccc(Br)c3)n2CC2CCCO2)cc1. The number of aromatic nitrogens is 3. The van der Waals surface area contributed by atoms with Gasteiger partial charge in [0, 0.05) is 22.4 Å². The van der Waals surface area contributed by atoms with E-state index in [0.717, 1.165) is 58.5 Å². The molecule has 0 spiro atoms. The van der Waals surface area contributed by atoms with Crippen LogP contribution in [0, 0.1) is 0 Å². The smallest absolute Gasteiger partial charge is 0.191 e. The van der Waals surface area contributed by atoms with Crippen LogP contribution in [0.2, 0.25) is 0 Å². The fourth-order valence-corrected chi connectivity index (χ4v) is 4.62. The Hall–Kier alpha value is -1.83. The highest BCUT2D eigenvalue weighted by Gasteiger charge is 2.22. The van der Waals surface area contributed by atoms with Gasteiger partial charge < -0.3 is 9.47 Å². The molecule has 1 aliphatic heterocycles. The molecule has 2 aromatic carbocycles. The van der Waals surface area contributed by atoms with Crippen molar-refractivity contribution >= 4 is 27.7 Å². The fraction of sp³-hybridized carbons (Fsp3) is 0.333. The highest BCUT2D eigenvalue weighted by molar-refractivity contribution is 9.10. The summed E-state index contributed by atoms with van der Waals surface area (Å²) in [5.74, 6) is 2.54. The van der Waals surface area contributed by atoms with E-state index >= 15 is 0 Å². The normalized spacial score (nSPS) is 16.4. The van der Waals surface area contributed by atoms with E-state index < -0.39 is 0 Å². The molecule has 1 aliphatic rings. The minimum atomic E-state index is 0.221. The molecule has 2 heterocycles. The number of hydrogen-bond acceptors (Lipinski definition) is 5. The van der Waals surface area contributed by atoms with E-state index in [1.165, 1.54) is 5.56 Å². The van der Waals surface area contributed by atoms with Crippen LogP contribution in [0.5, 0.6) is 5.75 Å². The maximum atomic E-state index is 5.88. The first-order valence-electron chi connectivity index (χ1n) is 9.29. The molecule has 0 radical (unpaired) electrons. The number of methoxy groups -OCH3 is 1. The van der Waals surface area contributed by atoms with E-state index in [2.05, 4.69) is 48.9 Å². The lowest BCUT2D eigenvalue weighted by Gasteiger charge is -2.15. The Morgan fingerprint density at radius 2 is 2.07 bits per heavy atom. The van der Waals surface area contributed by atoms with E-state index in [1.807, 2.05) is 30.3 Å². The number of nitrogens with zero attached hydrogens (tertiary/aromatic N) is 3. The van der Waals surface area contributed by atoms with Crippen LogP contribution in [0.25, 0.3) is 11.4 Å². The lowest BCUT2D eigenvalue weighted by atomic mass is 10.2. The average Bonchev–Trinajstić information content (AvgIpc) is 3.37. The molecule has 0 aliphatic carbocycles. The second kappa shape index (κ2) is 9.11. The molecule has 0 amide bonds. The molecule has 4 rings (SSSR count). The van der Waals surface area contributed by atoms with Crippen LogP contribution in [0.15, 0.2) is 58.2 Å². The molecule has 7 heteroatoms. The molecular formula is C21H22BrN3O2S. The van der Waals surface area contributed by atoms with Crippen LogP contribution in [0.3, 0.4) is 0 Å². The summed E-state index contributed by atoms with van der Waals surface area (Å²) in [5, 5.41) is 9.91. The molecule has 28 heavy (non-hydrogen) atoms. The summed E-state index contributed by atoms with van der Waals surface area (Å²) in [4.78, 5) is 0. The first-order valence-corrected chi connectivity index (χ1v) is 11.1. The molecule has 1 unspecified atom stereocenters. The molecule has 5 nitrogen and oxygen atoms in total. The summed E-state index contributed by atoms with van der Waals surface area (Å²) in [5.41, 5.74) is 2.28. The van der Waals surface area contributed by atoms with E-state index in [9.17, 15) is 0 Å². The largest absolute Gasteiger partial charge is 0.497 e. The molecule has 1 aromatic heterocycles. The van der Waals surface area contributed by atoms with Crippen LogP contribution < -0.4 is 4.74 Å². The minimum absolute atomic E-state index is 0.221. The average molecular weight is 460 g/mol. The molecular weight excluding hydrogens is 438 g/mol. The topological polar surface area (TPSA) is 49.2 Å². The highest BCUT2D eigenvalue weighted by Crippen LogP contribution is 2.29. The van der Waals surface area contributed by atoms with Crippen LogP contribution in [-0.4, -0.2) is 34.6 Å². The van der Waals surface area contributed by atoms with Crippen LogP contribution in [0.4, 0.5) is 0 Å². The van der Waals surface area contributed by atoms with Gasteiger partial charge in [-0.3, -0.25) is 4.57 Å². The molecule has 1 fully saturated rings. The first-order chi connectivity index (χ1) is 13.7. The molecule has 1 saturated heterocycles. The van der Waals surface area contributed by atoms with Gasteiger partial charge in [-0.25, -0.2) is 0 Å². The molecule has 3 aromatic rings. The van der Waals surface area contributed by atoms with Gasteiger partial charge in [-0.15, -0.1) is 10.2 Å². The van der Waals surface area contributed by atoms with Gasteiger partial charge in [0.1, 0.15) is 5.75 Å². The quantitative estimate of drug-likeness (QED) is 0.455. The van der Waals surface area contributed by atoms with Crippen molar-refractivity contribution in [1.29, 1.82) is 0 Å². The predicted molar refractivity (Wildman–Crippen MR) is 115 cm³/mol. The van der Waals surface area contributed by atoms with Crippen molar-refractivity contribution in [2.24, 2.45) is 0 Å². The predicted octanol–water partition coefficient (Wildman–Crippen LogP) is 5.19. The third-order valence-corrected chi connectivity index (χ3v) is 6.26. The summed E-state index contributed by atoms with van der Waals surface area (Å²) in [6.45, 7) is 1.61. The van der Waals surface area contributed by atoms with Crippen molar-refractivity contribution in [2.45, 2.75) is 36.4 Å². The number of thioether (sulfide) groups is 1. The maximum Gasteiger partial charge on any atom is 0.191 e. The molecule has 146 valence electrons. The summed E-state index contributed by atoms with van der Waals surface area (Å²) in [6, 6.07) is 16.3. The van der Waals surface area contributed by atoms with Gasteiger partial charge in [0.25, 0.3) is 0 Å². The number of rotatable bonds is 7. The second-order valence-electron chi connectivity index (χ2n) is 6.70. The van der Waals surface area contributed by atoms with Crippen molar-refractivity contribution in [2.75, 3.05) is 13.7 Å². The molecule has 0 N–H and O–H groups in total. The second-order valence-corrected chi connectivity index (χ2v) is 8.56. The summed E-state index contributed by atoms with van der Waals surface area (Å²) in [6.07, 6.45) is 2.42. The Kier molecular flexibility index (Phi) is 6.34. The third-order valence-electron chi connectivity index (χ3n) is 4.73. The Morgan fingerprint density at radius 3 is 2.79 bits per heavy atom. The van der Waals surface area contributed by atoms with Crippen LogP contribution in [0.1, 0.15) is 18.4 Å². The van der Waals surface area contributed by atoms with E-state index in [4.69, 9.17) is 9.47 Å². The Bertz CT molecular complexity index is 924. The van der Waals surface area contributed by atoms with Gasteiger partial charge in [-0.2, -0.15) is 0 Å². The molecule has 0 bridgehead atoms. The maximum absolute atomic E-state index is 5.88. The Labute approximate surface area is 177 Å². The summed E-state index contributed by atoms with van der Waals surface area (Å²) in [7, 11) is 1.67. The number of halogens is 1. The van der Waals surface area contributed by atoms with Crippen molar-refractivity contribution < 1.29 is 9.47 Å². The van der Waals surface area contributed by atoms with Gasteiger partial charge in [0.2, 0.25) is 0 Å². The van der Waals surface area contributed by atoms with E-state index in [0.29, 0.717) is 0 Å². The zero-order valence-electron chi connectivity index (χ0n) is 15.7. The lowest BCUT2D eigenvalue weighted by Crippen LogP contribution is -2.16. The van der Waals surface area contributed by atoms with Gasteiger partial charge in [-0.05, 0) is 54.8 Å². The highest BCUT2D eigenvalue weighted by atomic mass is 79.9. The zero-order chi connectivity index (χ0) is 19.3. The minimum Gasteiger partial charge on any atom is -0.497 e. The van der Waals surface area contributed by atoms with Crippen molar-refractivity contribution in [3.8, 4) is 17.1 Å². The number of ether oxygens (including phenoxy) is 2. The van der Waals surface area contributed by atoms with Gasteiger partial charge >= 0.3 is 0 Å².